The van der Waals surface area contributed by atoms with E-state index in [1.165, 1.54) is 30.5 Å². The van der Waals surface area contributed by atoms with Crippen LogP contribution in [0.15, 0.2) is 64.0 Å². The van der Waals surface area contributed by atoms with Crippen LogP contribution in [0.25, 0.3) is 5.69 Å². The summed E-state index contributed by atoms with van der Waals surface area (Å²) in [5, 5.41) is 10.1. The quantitative estimate of drug-likeness (QED) is 0.462. The molecule has 1 heterocycles. The highest BCUT2D eigenvalue weighted by molar-refractivity contribution is 9.10. The van der Waals surface area contributed by atoms with Crippen LogP contribution in [-0.4, -0.2) is 28.0 Å². The number of rotatable bonds is 5. The lowest BCUT2D eigenvalue weighted by Crippen LogP contribution is -2.27. The smallest absolute Gasteiger partial charge is 0.343 e. The van der Waals surface area contributed by atoms with Crippen molar-refractivity contribution in [2.75, 3.05) is 6.61 Å². The number of hydrogen-bond acceptors (Lipinski definition) is 5. The van der Waals surface area contributed by atoms with Crippen molar-refractivity contribution in [3.63, 3.8) is 0 Å². The fourth-order valence-electron chi connectivity index (χ4n) is 2.70. The maximum absolute atomic E-state index is 13.3. The van der Waals surface area contributed by atoms with Gasteiger partial charge in [0.25, 0.3) is 5.56 Å². The van der Waals surface area contributed by atoms with Crippen LogP contribution in [0.4, 0.5) is 4.39 Å². The number of phenolic OH excluding ortho intramolecular Hbond substituents is 1. The number of carbonyl (C=O) groups excluding carboxylic acids is 2. The molecule has 3 rings (SSSR count). The van der Waals surface area contributed by atoms with E-state index in [2.05, 4.69) is 15.9 Å². The van der Waals surface area contributed by atoms with Crippen LogP contribution < -0.4 is 5.56 Å². The van der Waals surface area contributed by atoms with E-state index >= 15 is 0 Å². The summed E-state index contributed by atoms with van der Waals surface area (Å²) in [5.74, 6) is -2.25. The third kappa shape index (κ3) is 4.27. The van der Waals surface area contributed by atoms with Crippen molar-refractivity contribution in [1.29, 1.82) is 0 Å². The zero-order valence-electron chi connectivity index (χ0n) is 15.2. The monoisotopic (exact) mass is 459 g/mol. The Hall–Kier alpha value is -3.26. The number of halogens is 2. The summed E-state index contributed by atoms with van der Waals surface area (Å²) in [4.78, 5) is 38.1. The summed E-state index contributed by atoms with van der Waals surface area (Å²) >= 11 is 3.24. The number of pyridine rings is 1. The lowest BCUT2D eigenvalue weighted by Gasteiger charge is -2.12. The van der Waals surface area contributed by atoms with Gasteiger partial charge in [0, 0.05) is 21.9 Å². The van der Waals surface area contributed by atoms with Crippen molar-refractivity contribution in [3.8, 4) is 11.4 Å². The first kappa shape index (κ1) is 20.5. The maximum Gasteiger partial charge on any atom is 0.343 e. The molecule has 6 nitrogen and oxygen atoms in total. The van der Waals surface area contributed by atoms with E-state index < -0.39 is 23.1 Å². The molecule has 0 aliphatic rings. The van der Waals surface area contributed by atoms with Crippen molar-refractivity contribution in [2.24, 2.45) is 0 Å². The van der Waals surface area contributed by atoms with E-state index in [1.54, 1.807) is 13.0 Å². The average molecular weight is 460 g/mol. The molecular weight excluding hydrogens is 445 g/mol. The first-order chi connectivity index (χ1) is 13.8. The number of benzene rings is 2. The molecule has 0 amide bonds. The van der Waals surface area contributed by atoms with Crippen molar-refractivity contribution in [3.05, 3.63) is 92.1 Å². The largest absolute Gasteiger partial charge is 0.507 e. The maximum atomic E-state index is 13.3. The Morgan fingerprint density at radius 2 is 1.79 bits per heavy atom. The topological polar surface area (TPSA) is 85.6 Å². The van der Waals surface area contributed by atoms with Crippen LogP contribution in [0, 0.1) is 5.82 Å². The predicted octanol–water partition coefficient (Wildman–Crippen LogP) is 3.85. The van der Waals surface area contributed by atoms with E-state index in [4.69, 9.17) is 4.74 Å². The Morgan fingerprint density at radius 3 is 2.45 bits per heavy atom. The molecule has 1 N–H and O–H groups in total. The van der Waals surface area contributed by atoms with E-state index in [9.17, 15) is 23.9 Å². The Labute approximate surface area is 173 Å². The number of ketones is 1. The molecular formula is C21H15BrFNO5. The van der Waals surface area contributed by atoms with Gasteiger partial charge in [0.15, 0.2) is 5.78 Å². The molecule has 3 aromatic rings. The minimum absolute atomic E-state index is 0.0153. The van der Waals surface area contributed by atoms with Gasteiger partial charge < -0.3 is 9.84 Å². The van der Waals surface area contributed by atoms with E-state index in [1.807, 2.05) is 0 Å². The molecule has 0 unspecified atom stereocenters. The highest BCUT2D eigenvalue weighted by Crippen LogP contribution is 2.25. The lowest BCUT2D eigenvalue weighted by molar-refractivity contribution is 0.0524. The summed E-state index contributed by atoms with van der Waals surface area (Å²) in [5.41, 5.74) is -0.847. The number of aromatic hydroxyl groups is 1. The minimum atomic E-state index is -0.888. The van der Waals surface area contributed by atoms with Gasteiger partial charge in [-0.15, -0.1) is 0 Å². The van der Waals surface area contributed by atoms with Crippen molar-refractivity contribution < 1.29 is 23.8 Å². The van der Waals surface area contributed by atoms with E-state index in [0.717, 1.165) is 22.8 Å². The number of hydrogen-bond donors (Lipinski definition) is 1. The minimum Gasteiger partial charge on any atom is -0.507 e. The number of nitrogens with zero attached hydrogens (tertiary/aromatic N) is 1. The second-order valence-electron chi connectivity index (χ2n) is 6.01. The van der Waals surface area contributed by atoms with Crippen molar-refractivity contribution >= 4 is 27.7 Å². The standard InChI is InChI=1S/C21H15BrFNO5/c1-2-29-21(28)17-9-12(19(26)16-10-13(22)3-8-18(16)25)11-24(20(17)27)15-6-4-14(23)5-7-15/h3-11,25H,2H2,1H3. The average Bonchev–Trinajstić information content (AvgIpc) is 2.70. The summed E-state index contributed by atoms with van der Waals surface area (Å²) in [6.07, 6.45) is 1.24. The van der Waals surface area contributed by atoms with Gasteiger partial charge >= 0.3 is 5.97 Å². The second kappa shape index (κ2) is 8.40. The third-order valence-electron chi connectivity index (χ3n) is 4.08. The Bertz CT molecular complexity index is 1150. The van der Waals surface area contributed by atoms with Gasteiger partial charge in [-0.3, -0.25) is 14.2 Å². The molecule has 0 spiro atoms. The Morgan fingerprint density at radius 1 is 1.10 bits per heavy atom. The van der Waals surface area contributed by atoms with Crippen molar-refractivity contribution in [2.45, 2.75) is 6.92 Å². The molecule has 8 heteroatoms. The number of carbonyl (C=O) groups is 2. The summed E-state index contributed by atoms with van der Waals surface area (Å²) in [6, 6.07) is 10.5. The van der Waals surface area contributed by atoms with Gasteiger partial charge in [-0.2, -0.15) is 0 Å². The molecule has 0 radical (unpaired) electrons. The molecule has 2 aromatic carbocycles. The van der Waals surface area contributed by atoms with Gasteiger partial charge in [0.05, 0.1) is 12.2 Å². The molecule has 0 saturated carbocycles. The van der Waals surface area contributed by atoms with Crippen LogP contribution in [0.2, 0.25) is 0 Å². The molecule has 1 aromatic heterocycles. The zero-order chi connectivity index (χ0) is 21.1. The van der Waals surface area contributed by atoms with Gasteiger partial charge in [-0.25, -0.2) is 9.18 Å². The molecule has 0 bridgehead atoms. The highest BCUT2D eigenvalue weighted by atomic mass is 79.9. The molecule has 0 aliphatic heterocycles. The first-order valence-electron chi connectivity index (χ1n) is 8.54. The van der Waals surface area contributed by atoms with Crippen LogP contribution in [-0.2, 0) is 4.74 Å². The number of phenols is 1. The molecule has 0 atom stereocenters. The van der Waals surface area contributed by atoms with Gasteiger partial charge in [0.2, 0.25) is 0 Å². The van der Waals surface area contributed by atoms with Gasteiger partial charge in [-0.1, -0.05) is 15.9 Å². The fourth-order valence-corrected chi connectivity index (χ4v) is 3.06. The number of ether oxygens (including phenoxy) is 1. The SMILES string of the molecule is CCOC(=O)c1cc(C(=O)c2cc(Br)ccc2O)cn(-c2ccc(F)cc2)c1=O. The number of aromatic nitrogens is 1. The van der Waals surface area contributed by atoms with Gasteiger partial charge in [-0.05, 0) is 55.5 Å². The molecule has 29 heavy (non-hydrogen) atoms. The van der Waals surface area contributed by atoms with Crippen LogP contribution >= 0.6 is 15.9 Å². The number of esters is 1. The molecule has 0 saturated heterocycles. The summed E-state index contributed by atoms with van der Waals surface area (Å²) in [7, 11) is 0. The third-order valence-corrected chi connectivity index (χ3v) is 4.58. The summed E-state index contributed by atoms with van der Waals surface area (Å²) in [6.45, 7) is 1.63. The highest BCUT2D eigenvalue weighted by Gasteiger charge is 2.21. The van der Waals surface area contributed by atoms with E-state index in [-0.39, 0.29) is 34.7 Å². The molecule has 0 aliphatic carbocycles. The predicted molar refractivity (Wildman–Crippen MR) is 107 cm³/mol. The lowest BCUT2D eigenvalue weighted by atomic mass is 10.0. The van der Waals surface area contributed by atoms with Crippen LogP contribution in [0.5, 0.6) is 5.75 Å². The second-order valence-corrected chi connectivity index (χ2v) is 6.92. The fraction of sp³-hybridized carbons (Fsp3) is 0.0952. The van der Waals surface area contributed by atoms with Gasteiger partial charge in [0.1, 0.15) is 17.1 Å². The summed E-state index contributed by atoms with van der Waals surface area (Å²) < 4.78 is 19.8. The zero-order valence-corrected chi connectivity index (χ0v) is 16.8. The Kier molecular flexibility index (Phi) is 5.93. The first-order valence-corrected chi connectivity index (χ1v) is 9.34. The molecule has 0 fully saturated rings. The van der Waals surface area contributed by atoms with Crippen LogP contribution in [0.1, 0.15) is 33.2 Å². The normalized spacial score (nSPS) is 10.6. The molecule has 148 valence electrons. The van der Waals surface area contributed by atoms with Crippen molar-refractivity contribution in [1.82, 2.24) is 4.57 Å². The Balaban J connectivity index is 2.22. The van der Waals surface area contributed by atoms with E-state index in [0.29, 0.717) is 4.47 Å². The van der Waals surface area contributed by atoms with Crippen LogP contribution in [0.3, 0.4) is 0 Å².